The van der Waals surface area contributed by atoms with Crippen molar-refractivity contribution >= 4 is 35.7 Å². The molecular formula is C34H28N4O10. The van der Waals surface area contributed by atoms with Gasteiger partial charge in [0.1, 0.15) is 46.4 Å². The molecule has 48 heavy (non-hydrogen) atoms. The molecule has 4 aliphatic rings. The lowest BCUT2D eigenvalue weighted by atomic mass is 10.1. The zero-order chi connectivity index (χ0) is 34.2. The highest BCUT2D eigenvalue weighted by Gasteiger charge is 2.26. The van der Waals surface area contributed by atoms with Gasteiger partial charge in [0.05, 0.1) is 14.2 Å². The van der Waals surface area contributed by atoms with Crippen molar-refractivity contribution in [3.05, 3.63) is 119 Å². The highest BCUT2D eigenvalue weighted by Crippen LogP contribution is 2.18. The van der Waals surface area contributed by atoms with Crippen LogP contribution in [0.1, 0.15) is 53.1 Å². The molecule has 6 heterocycles. The average molecular weight is 653 g/mol. The molecule has 8 bridgehead atoms. The minimum atomic E-state index is -1.14. The Bertz CT molecular complexity index is 1750. The third-order valence-corrected chi connectivity index (χ3v) is 7.11. The second-order valence-corrected chi connectivity index (χ2v) is 10.4. The van der Waals surface area contributed by atoms with Gasteiger partial charge in [0, 0.05) is 12.8 Å². The normalized spacial score (nSPS) is 17.0. The average Bonchev–Trinajstić information content (AvgIpc) is 3.11. The summed E-state index contributed by atoms with van der Waals surface area (Å²) in [5, 5.41) is 5.15. The van der Waals surface area contributed by atoms with Crippen LogP contribution in [0.15, 0.2) is 84.9 Å². The molecule has 0 radical (unpaired) electrons. The number of carbonyl (C=O) groups is 6. The van der Waals surface area contributed by atoms with Gasteiger partial charge in [-0.15, -0.1) is 0 Å². The Morgan fingerprint density at radius 1 is 0.583 bits per heavy atom. The third kappa shape index (κ3) is 8.04. The number of nitrogens with one attached hydrogen (secondary N) is 2. The predicted octanol–water partition coefficient (Wildman–Crippen LogP) is 2.26. The van der Waals surface area contributed by atoms with E-state index >= 15 is 0 Å². The molecule has 244 valence electrons. The van der Waals surface area contributed by atoms with Crippen molar-refractivity contribution in [1.29, 1.82) is 0 Å². The Morgan fingerprint density at radius 2 is 0.938 bits per heavy atom. The molecule has 4 aromatic rings. The molecule has 2 aromatic carbocycles. The Balaban J connectivity index is 1.48. The minimum absolute atomic E-state index is 0.0000696. The molecule has 0 aliphatic carbocycles. The molecule has 14 heteroatoms. The Labute approximate surface area is 273 Å². The fourth-order valence-electron chi connectivity index (χ4n) is 4.66. The fraction of sp³-hybridized carbons (Fsp3) is 0.176. The van der Waals surface area contributed by atoms with Crippen LogP contribution in [0.4, 0.5) is 0 Å². The minimum Gasteiger partial charge on any atom is -0.467 e. The maximum Gasteiger partial charge on any atom is 0.362 e. The molecule has 0 fully saturated rings. The van der Waals surface area contributed by atoms with E-state index in [0.717, 1.165) is 0 Å². The lowest BCUT2D eigenvalue weighted by Crippen LogP contribution is -2.44. The van der Waals surface area contributed by atoms with Crippen LogP contribution in [0.5, 0.6) is 11.5 Å². The van der Waals surface area contributed by atoms with Gasteiger partial charge in [-0.1, -0.05) is 36.4 Å². The van der Waals surface area contributed by atoms with E-state index in [0.29, 0.717) is 11.1 Å². The maximum atomic E-state index is 13.2. The monoisotopic (exact) mass is 652 g/mol. The van der Waals surface area contributed by atoms with E-state index in [2.05, 4.69) is 20.6 Å². The first kappa shape index (κ1) is 32.9. The summed E-state index contributed by atoms with van der Waals surface area (Å²) in [6, 6.07) is 18.3. The molecule has 2 aromatic heterocycles. The van der Waals surface area contributed by atoms with E-state index in [1.54, 1.807) is 24.3 Å². The summed E-state index contributed by atoms with van der Waals surface area (Å²) in [5.74, 6) is -4.33. The summed E-state index contributed by atoms with van der Waals surface area (Å²) < 4.78 is 20.6. The lowest BCUT2D eigenvalue weighted by molar-refractivity contribution is -0.143. The van der Waals surface area contributed by atoms with Crippen LogP contribution in [0.25, 0.3) is 0 Å². The number of nitrogens with zero attached hydrogens (tertiary/aromatic N) is 2. The smallest absolute Gasteiger partial charge is 0.362 e. The van der Waals surface area contributed by atoms with Gasteiger partial charge in [-0.2, -0.15) is 0 Å². The summed E-state index contributed by atoms with van der Waals surface area (Å²) in [6.45, 7) is 0. The van der Waals surface area contributed by atoms with Gasteiger partial charge >= 0.3 is 23.9 Å². The Morgan fingerprint density at radius 3 is 1.31 bits per heavy atom. The highest BCUT2D eigenvalue weighted by molar-refractivity contribution is 5.99. The van der Waals surface area contributed by atoms with Gasteiger partial charge in [-0.3, -0.25) is 9.59 Å². The molecular weight excluding hydrogens is 624 g/mol. The first-order valence-corrected chi connectivity index (χ1v) is 14.5. The van der Waals surface area contributed by atoms with Crippen molar-refractivity contribution in [2.24, 2.45) is 0 Å². The number of aromatic nitrogens is 2. The quantitative estimate of drug-likeness (QED) is 0.238. The molecule has 2 N–H and O–H groups in total. The van der Waals surface area contributed by atoms with E-state index in [9.17, 15) is 28.8 Å². The molecule has 8 rings (SSSR count). The number of pyridine rings is 2. The fourth-order valence-corrected chi connectivity index (χ4v) is 4.66. The van der Waals surface area contributed by atoms with Crippen LogP contribution < -0.4 is 20.1 Å². The van der Waals surface area contributed by atoms with Gasteiger partial charge in [0.15, 0.2) is 0 Å². The summed E-state index contributed by atoms with van der Waals surface area (Å²) in [7, 11) is 2.34. The first-order valence-electron chi connectivity index (χ1n) is 14.5. The largest absolute Gasteiger partial charge is 0.467 e. The standard InChI is InChI=1S/C34H28N4O10/c1-45-31(41)27-17-19-9-13-21(14-10-19)47-33(43)25-7-4-8-26(36-25)34(44)48-22-15-11-20(12-16-22)18-28(32(42)46-2)38-30(40)24-6-3-5-23(35-24)29(39)37-27/h3-16,27-28H,17-18H2,1-2H3,(H,37,39)(H,38,40). The van der Waals surface area contributed by atoms with Crippen LogP contribution in [-0.4, -0.2) is 72.0 Å². The molecule has 4 aliphatic heterocycles. The summed E-state index contributed by atoms with van der Waals surface area (Å²) in [5.41, 5.74) is 0.533. The van der Waals surface area contributed by atoms with Crippen LogP contribution in [0, 0.1) is 0 Å². The van der Waals surface area contributed by atoms with Gasteiger partial charge in [-0.25, -0.2) is 29.1 Å². The van der Waals surface area contributed by atoms with Crippen molar-refractivity contribution in [1.82, 2.24) is 20.6 Å². The summed E-state index contributed by atoms with van der Waals surface area (Å²) in [4.78, 5) is 85.4. The van der Waals surface area contributed by atoms with Crippen molar-refractivity contribution < 1.29 is 47.7 Å². The lowest BCUT2D eigenvalue weighted by Gasteiger charge is -2.18. The second-order valence-electron chi connectivity index (χ2n) is 10.4. The molecule has 2 unspecified atom stereocenters. The van der Waals surface area contributed by atoms with Crippen molar-refractivity contribution in [3.8, 4) is 11.5 Å². The van der Waals surface area contributed by atoms with E-state index in [-0.39, 0.29) is 47.1 Å². The second kappa shape index (κ2) is 14.8. The van der Waals surface area contributed by atoms with Crippen molar-refractivity contribution in [2.45, 2.75) is 24.9 Å². The van der Waals surface area contributed by atoms with E-state index in [1.165, 1.54) is 74.9 Å². The van der Waals surface area contributed by atoms with E-state index < -0.39 is 47.8 Å². The Hall–Kier alpha value is -6.44. The van der Waals surface area contributed by atoms with Crippen LogP contribution in [0.3, 0.4) is 0 Å². The van der Waals surface area contributed by atoms with Gasteiger partial charge < -0.3 is 29.6 Å². The zero-order valence-electron chi connectivity index (χ0n) is 25.6. The Kier molecular flexibility index (Phi) is 10.1. The first-order chi connectivity index (χ1) is 23.1. The summed E-state index contributed by atoms with van der Waals surface area (Å²) in [6.07, 6.45) is 0.000139. The number of hydrogen-bond donors (Lipinski definition) is 2. The van der Waals surface area contributed by atoms with Crippen LogP contribution in [-0.2, 0) is 31.9 Å². The van der Waals surface area contributed by atoms with Crippen molar-refractivity contribution in [3.63, 3.8) is 0 Å². The van der Waals surface area contributed by atoms with E-state index in [1.807, 2.05) is 0 Å². The number of methoxy groups -OCH3 is 2. The van der Waals surface area contributed by atoms with Crippen molar-refractivity contribution in [2.75, 3.05) is 14.2 Å². The maximum absolute atomic E-state index is 13.2. The molecule has 0 saturated heterocycles. The van der Waals surface area contributed by atoms with E-state index in [4.69, 9.17) is 18.9 Å². The van der Waals surface area contributed by atoms with Gasteiger partial charge in [0.25, 0.3) is 11.8 Å². The highest BCUT2D eigenvalue weighted by atomic mass is 16.5. The number of ether oxygens (including phenoxy) is 4. The van der Waals surface area contributed by atoms with Crippen LogP contribution >= 0.6 is 0 Å². The number of esters is 4. The number of hydrogen-bond acceptors (Lipinski definition) is 12. The number of amides is 2. The topological polar surface area (TPSA) is 189 Å². The molecule has 14 nitrogen and oxygen atoms in total. The van der Waals surface area contributed by atoms with Gasteiger partial charge in [-0.05, 0) is 59.7 Å². The molecule has 0 saturated carbocycles. The number of carbonyl (C=O) groups excluding carboxylic acids is 6. The predicted molar refractivity (Wildman–Crippen MR) is 165 cm³/mol. The summed E-state index contributed by atoms with van der Waals surface area (Å²) >= 11 is 0. The molecule has 0 spiro atoms. The SMILES string of the molecule is COC(=O)C1Cc2ccc(cc2)OC(=O)c2cccc(n2)C(=O)Oc2ccc(cc2)CC(C(=O)OC)NC(=O)c2cccc(n2)C(=O)N1. The van der Waals surface area contributed by atoms with Gasteiger partial charge in [0.2, 0.25) is 0 Å². The third-order valence-electron chi connectivity index (χ3n) is 7.11. The number of benzene rings is 2. The number of rotatable bonds is 2. The van der Waals surface area contributed by atoms with Crippen LogP contribution in [0.2, 0.25) is 0 Å². The molecule has 2 amide bonds. The zero-order valence-corrected chi connectivity index (χ0v) is 25.6. The molecule has 2 atom stereocenters.